The molecule has 0 unspecified atom stereocenters. The molecule has 2 saturated heterocycles. The second-order valence-corrected chi connectivity index (χ2v) is 6.79. The van der Waals surface area contributed by atoms with E-state index in [2.05, 4.69) is 5.16 Å². The molecule has 1 aromatic heterocycles. The quantitative estimate of drug-likeness (QED) is 0.695. The topological polar surface area (TPSA) is 93.0 Å². The summed E-state index contributed by atoms with van der Waals surface area (Å²) in [7, 11) is 0. The Morgan fingerprint density at radius 3 is 2.57 bits per heavy atom. The van der Waals surface area contributed by atoms with Crippen LogP contribution in [0.1, 0.15) is 10.4 Å². The molecule has 3 amide bonds. The molecular formula is C20H15N3O5. The Morgan fingerprint density at radius 1 is 1.07 bits per heavy atom. The zero-order chi connectivity index (χ0) is 19.3. The smallest absolute Gasteiger partial charge is 0.417 e. The number of hydrogen-bond acceptors (Lipinski definition) is 6. The molecule has 0 bridgehead atoms. The van der Waals surface area contributed by atoms with Crippen molar-refractivity contribution in [3.05, 3.63) is 54.1 Å². The molecule has 2 aliphatic heterocycles. The van der Waals surface area contributed by atoms with Crippen LogP contribution < -0.4 is 0 Å². The highest BCUT2D eigenvalue weighted by molar-refractivity contribution is 6.02. The number of carbonyl (C=O) groups is 3. The summed E-state index contributed by atoms with van der Waals surface area (Å²) in [6, 6.07) is 14.4. The van der Waals surface area contributed by atoms with Gasteiger partial charge in [0.1, 0.15) is 5.52 Å². The lowest BCUT2D eigenvalue weighted by atomic mass is 10.0. The number of rotatable bonds is 3. The van der Waals surface area contributed by atoms with Crippen LogP contribution in [0.2, 0.25) is 0 Å². The molecule has 8 nitrogen and oxygen atoms in total. The Kier molecular flexibility index (Phi) is 3.65. The molecule has 0 N–H and O–H groups in total. The van der Waals surface area contributed by atoms with Crippen LogP contribution >= 0.6 is 0 Å². The first-order chi connectivity index (χ1) is 13.6. The molecule has 3 heterocycles. The highest BCUT2D eigenvalue weighted by Gasteiger charge is 2.44. The number of ether oxygens (including phenoxy) is 1. The minimum absolute atomic E-state index is 0.168. The van der Waals surface area contributed by atoms with Crippen LogP contribution in [0.15, 0.2) is 53.1 Å². The zero-order valence-electron chi connectivity index (χ0n) is 14.7. The number of hydrogen-bond donors (Lipinski definition) is 0. The fourth-order valence-electron chi connectivity index (χ4n) is 3.56. The second kappa shape index (κ2) is 6.19. The molecule has 5 rings (SSSR count). The number of nitrogens with zero attached hydrogens (tertiary/aromatic N) is 3. The van der Waals surface area contributed by atoms with E-state index in [1.54, 1.807) is 23.1 Å². The van der Waals surface area contributed by atoms with E-state index in [4.69, 9.17) is 9.26 Å². The van der Waals surface area contributed by atoms with Gasteiger partial charge in [-0.3, -0.25) is 9.59 Å². The highest BCUT2D eigenvalue weighted by Crippen LogP contribution is 2.30. The van der Waals surface area contributed by atoms with E-state index < -0.39 is 6.09 Å². The van der Waals surface area contributed by atoms with Crippen molar-refractivity contribution >= 4 is 28.8 Å². The first-order valence-corrected chi connectivity index (χ1v) is 8.85. The molecule has 0 aliphatic carbocycles. The van der Waals surface area contributed by atoms with Crippen molar-refractivity contribution < 1.29 is 23.6 Å². The number of imide groups is 1. The van der Waals surface area contributed by atoms with Crippen molar-refractivity contribution in [2.75, 3.05) is 19.7 Å². The maximum absolute atomic E-state index is 12.8. The molecule has 28 heavy (non-hydrogen) atoms. The van der Waals surface area contributed by atoms with Gasteiger partial charge in [-0.15, -0.1) is 0 Å². The van der Waals surface area contributed by atoms with Gasteiger partial charge in [0.15, 0.2) is 12.4 Å². The molecular weight excluding hydrogens is 362 g/mol. The Bertz CT molecular complexity index is 1090. The van der Waals surface area contributed by atoms with Gasteiger partial charge in [-0.2, -0.15) is 0 Å². The van der Waals surface area contributed by atoms with Gasteiger partial charge in [-0.1, -0.05) is 35.5 Å². The van der Waals surface area contributed by atoms with Gasteiger partial charge in [0, 0.05) is 24.2 Å². The van der Waals surface area contributed by atoms with Crippen molar-refractivity contribution in [3.8, 4) is 11.3 Å². The van der Waals surface area contributed by atoms with Crippen LogP contribution in [-0.2, 0) is 9.53 Å². The van der Waals surface area contributed by atoms with Gasteiger partial charge < -0.3 is 14.2 Å². The third-order valence-corrected chi connectivity index (χ3v) is 5.06. The van der Waals surface area contributed by atoms with E-state index in [0.717, 1.165) is 15.8 Å². The van der Waals surface area contributed by atoms with Crippen LogP contribution in [0.5, 0.6) is 0 Å². The third-order valence-electron chi connectivity index (χ3n) is 5.06. The lowest BCUT2D eigenvalue weighted by Crippen LogP contribution is -2.62. The minimum Gasteiger partial charge on any atom is -0.439 e. The molecule has 3 aromatic rings. The number of likely N-dealkylation sites (tertiary alicyclic amines) is 1. The number of amides is 3. The van der Waals surface area contributed by atoms with E-state index >= 15 is 0 Å². The molecule has 2 aliphatic rings. The van der Waals surface area contributed by atoms with E-state index in [1.807, 2.05) is 30.3 Å². The lowest BCUT2D eigenvalue weighted by Gasteiger charge is -2.41. The van der Waals surface area contributed by atoms with Crippen molar-refractivity contribution in [2.45, 2.75) is 6.04 Å². The van der Waals surface area contributed by atoms with Crippen LogP contribution in [0, 0.1) is 0 Å². The average molecular weight is 377 g/mol. The van der Waals surface area contributed by atoms with Gasteiger partial charge in [-0.25, -0.2) is 9.69 Å². The zero-order valence-corrected chi connectivity index (χ0v) is 14.7. The Labute approximate surface area is 159 Å². The maximum atomic E-state index is 12.8. The number of aromatic nitrogens is 1. The summed E-state index contributed by atoms with van der Waals surface area (Å²) in [4.78, 5) is 38.8. The highest BCUT2D eigenvalue weighted by atomic mass is 16.6. The van der Waals surface area contributed by atoms with Gasteiger partial charge >= 0.3 is 6.09 Å². The van der Waals surface area contributed by atoms with E-state index in [9.17, 15) is 14.4 Å². The fraction of sp³-hybridized carbons (Fsp3) is 0.200. The van der Waals surface area contributed by atoms with Crippen LogP contribution in [0.4, 0.5) is 4.79 Å². The van der Waals surface area contributed by atoms with E-state index in [-0.39, 0.29) is 24.5 Å². The summed E-state index contributed by atoms with van der Waals surface area (Å²) >= 11 is 0. The summed E-state index contributed by atoms with van der Waals surface area (Å²) < 4.78 is 10.2. The SMILES string of the molecule is O=C(c1ccc2noc(-c3ccccc3)c2c1)N1CC(N2C(=O)COC2=O)C1. The van der Waals surface area contributed by atoms with E-state index in [1.165, 1.54) is 0 Å². The monoisotopic (exact) mass is 377 g/mol. The number of fused-ring (bicyclic) bond motifs is 1. The molecule has 2 fully saturated rings. The van der Waals surface area contributed by atoms with Crippen molar-refractivity contribution in [1.82, 2.24) is 15.0 Å². The van der Waals surface area contributed by atoms with Gasteiger partial charge in [-0.05, 0) is 18.2 Å². The first kappa shape index (κ1) is 16.5. The summed E-state index contributed by atoms with van der Waals surface area (Å²) in [5, 5.41) is 4.82. The molecule has 140 valence electrons. The largest absolute Gasteiger partial charge is 0.439 e. The number of cyclic esters (lactones) is 1. The molecule has 0 radical (unpaired) electrons. The second-order valence-electron chi connectivity index (χ2n) is 6.79. The molecule has 0 saturated carbocycles. The Hall–Kier alpha value is -3.68. The number of carbonyl (C=O) groups excluding carboxylic acids is 3. The summed E-state index contributed by atoms with van der Waals surface area (Å²) in [6.07, 6.45) is -0.638. The predicted octanol–water partition coefficient (Wildman–Crippen LogP) is 2.30. The van der Waals surface area contributed by atoms with E-state index in [0.29, 0.717) is 29.9 Å². The average Bonchev–Trinajstić information content (AvgIpc) is 3.25. The van der Waals surface area contributed by atoms with Crippen LogP contribution in [0.3, 0.4) is 0 Å². The third kappa shape index (κ3) is 2.53. The maximum Gasteiger partial charge on any atom is 0.417 e. The number of benzene rings is 2. The van der Waals surface area contributed by atoms with Gasteiger partial charge in [0.2, 0.25) is 0 Å². The molecule has 8 heteroatoms. The fourth-order valence-corrected chi connectivity index (χ4v) is 3.56. The summed E-state index contributed by atoms with van der Waals surface area (Å²) in [6.45, 7) is 0.371. The summed E-state index contributed by atoms with van der Waals surface area (Å²) in [5.41, 5.74) is 2.05. The Morgan fingerprint density at radius 2 is 1.86 bits per heavy atom. The minimum atomic E-state index is -0.638. The molecule has 2 aromatic carbocycles. The Balaban J connectivity index is 1.37. The molecule has 0 spiro atoms. The standard InChI is InChI=1S/C20H15N3O5/c24-17-11-27-20(26)23(17)14-9-22(10-14)19(25)13-6-7-16-15(8-13)18(28-21-16)12-4-2-1-3-5-12/h1-8,14H,9-11H2. The van der Waals surface area contributed by atoms with Crippen molar-refractivity contribution in [2.24, 2.45) is 0 Å². The molecule has 0 atom stereocenters. The lowest BCUT2D eigenvalue weighted by molar-refractivity contribution is -0.129. The summed E-state index contributed by atoms with van der Waals surface area (Å²) in [5.74, 6) is 0.0796. The first-order valence-electron chi connectivity index (χ1n) is 8.85. The van der Waals surface area contributed by atoms with Gasteiger partial charge in [0.25, 0.3) is 11.8 Å². The predicted molar refractivity (Wildman–Crippen MR) is 97.3 cm³/mol. The van der Waals surface area contributed by atoms with Crippen molar-refractivity contribution in [1.29, 1.82) is 0 Å². The van der Waals surface area contributed by atoms with Crippen LogP contribution in [0.25, 0.3) is 22.2 Å². The van der Waals surface area contributed by atoms with Gasteiger partial charge in [0.05, 0.1) is 11.4 Å². The van der Waals surface area contributed by atoms with Crippen LogP contribution in [-0.4, -0.2) is 58.6 Å². The normalized spacial score (nSPS) is 17.1. The van der Waals surface area contributed by atoms with Crippen molar-refractivity contribution in [3.63, 3.8) is 0 Å².